The summed E-state index contributed by atoms with van der Waals surface area (Å²) in [5, 5.41) is 5.75. The largest absolute Gasteiger partial charge is 0.398 e. The van der Waals surface area contributed by atoms with E-state index < -0.39 is 0 Å². The smallest absolute Gasteiger partial charge is 0.242 e. The van der Waals surface area contributed by atoms with Gasteiger partial charge in [0.25, 0.3) is 0 Å². The lowest BCUT2D eigenvalue weighted by Gasteiger charge is -2.15. The predicted octanol–water partition coefficient (Wildman–Crippen LogP) is 1.41. The number of nitrogen functional groups attached to an aromatic ring is 1. The van der Waals surface area contributed by atoms with E-state index in [1.807, 2.05) is 6.92 Å². The van der Waals surface area contributed by atoms with Crippen molar-refractivity contribution >= 4 is 23.1 Å². The van der Waals surface area contributed by atoms with Crippen molar-refractivity contribution in [3.05, 3.63) is 23.8 Å². The maximum atomic E-state index is 11.6. The molecule has 0 spiro atoms. The summed E-state index contributed by atoms with van der Waals surface area (Å²) in [6, 6.07) is 4.70. The predicted molar refractivity (Wildman–Crippen MR) is 72.6 cm³/mol. The molecular formula is C13H19N3O2. The van der Waals surface area contributed by atoms with Crippen LogP contribution in [0.2, 0.25) is 0 Å². The van der Waals surface area contributed by atoms with E-state index >= 15 is 0 Å². The average Bonchev–Trinajstić information content (AvgIpc) is 2.31. The van der Waals surface area contributed by atoms with Gasteiger partial charge in [-0.25, -0.2) is 0 Å². The highest BCUT2D eigenvalue weighted by Crippen LogP contribution is 2.19. The van der Waals surface area contributed by atoms with E-state index in [-0.39, 0.29) is 17.7 Å². The molecule has 1 amide bonds. The number of ketones is 1. The molecule has 0 saturated heterocycles. The van der Waals surface area contributed by atoms with Crippen LogP contribution in [-0.2, 0) is 4.79 Å². The van der Waals surface area contributed by atoms with Gasteiger partial charge in [0, 0.05) is 23.5 Å². The maximum absolute atomic E-state index is 11.6. The second-order valence-corrected chi connectivity index (χ2v) is 4.12. The number of hydrogen-bond donors (Lipinski definition) is 3. The third-order valence-electron chi connectivity index (χ3n) is 2.56. The zero-order valence-corrected chi connectivity index (χ0v) is 10.9. The molecular weight excluding hydrogens is 230 g/mol. The molecule has 1 atom stereocenters. The van der Waals surface area contributed by atoms with Gasteiger partial charge in [-0.3, -0.25) is 9.59 Å². The van der Waals surface area contributed by atoms with Crippen molar-refractivity contribution in [1.29, 1.82) is 0 Å². The molecule has 98 valence electrons. The minimum atomic E-state index is -0.367. The molecule has 0 aromatic heterocycles. The summed E-state index contributed by atoms with van der Waals surface area (Å²) in [6.45, 7) is 5.67. The Balaban J connectivity index is 2.82. The fraction of sp³-hybridized carbons (Fsp3) is 0.385. The van der Waals surface area contributed by atoms with Crippen molar-refractivity contribution in [1.82, 2.24) is 5.32 Å². The summed E-state index contributed by atoms with van der Waals surface area (Å²) in [4.78, 5) is 22.9. The second-order valence-electron chi connectivity index (χ2n) is 4.12. The van der Waals surface area contributed by atoms with Crippen LogP contribution in [0.15, 0.2) is 18.2 Å². The van der Waals surface area contributed by atoms with E-state index in [2.05, 4.69) is 10.6 Å². The van der Waals surface area contributed by atoms with Crippen molar-refractivity contribution in [2.45, 2.75) is 26.8 Å². The molecule has 0 bridgehead atoms. The number of benzene rings is 1. The second kappa shape index (κ2) is 6.05. The summed E-state index contributed by atoms with van der Waals surface area (Å²) >= 11 is 0. The first-order valence-corrected chi connectivity index (χ1v) is 5.90. The molecule has 5 heteroatoms. The molecule has 1 aromatic carbocycles. The third kappa shape index (κ3) is 3.48. The molecule has 5 nitrogen and oxygen atoms in total. The van der Waals surface area contributed by atoms with E-state index in [1.54, 1.807) is 25.1 Å². The number of hydrogen-bond acceptors (Lipinski definition) is 4. The average molecular weight is 249 g/mol. The summed E-state index contributed by atoms with van der Waals surface area (Å²) in [5.41, 5.74) is 7.31. The Bertz CT molecular complexity index is 458. The van der Waals surface area contributed by atoms with Gasteiger partial charge in [0.2, 0.25) is 5.91 Å². The summed E-state index contributed by atoms with van der Waals surface area (Å²) in [7, 11) is 0. The molecule has 0 fully saturated rings. The molecule has 18 heavy (non-hydrogen) atoms. The molecule has 1 aromatic rings. The lowest BCUT2D eigenvalue weighted by molar-refractivity contribution is -0.121. The monoisotopic (exact) mass is 249 g/mol. The Labute approximate surface area is 107 Å². The van der Waals surface area contributed by atoms with Gasteiger partial charge in [0.05, 0.1) is 0 Å². The van der Waals surface area contributed by atoms with Crippen LogP contribution in [0.1, 0.15) is 31.1 Å². The van der Waals surface area contributed by atoms with Crippen LogP contribution in [0, 0.1) is 0 Å². The van der Waals surface area contributed by atoms with Crippen LogP contribution in [-0.4, -0.2) is 24.3 Å². The normalized spacial score (nSPS) is 11.7. The lowest BCUT2D eigenvalue weighted by atomic mass is 10.1. The van der Waals surface area contributed by atoms with Gasteiger partial charge in [0.1, 0.15) is 6.04 Å². The first-order chi connectivity index (χ1) is 8.45. The SMILES string of the molecule is CCNC(=O)C(C)Nc1ccc(N)c(C(C)=O)c1. The van der Waals surface area contributed by atoms with Crippen molar-refractivity contribution in [3.8, 4) is 0 Å². The molecule has 1 rings (SSSR count). The van der Waals surface area contributed by atoms with Gasteiger partial charge in [-0.2, -0.15) is 0 Å². The van der Waals surface area contributed by atoms with Crippen LogP contribution in [0.25, 0.3) is 0 Å². The Morgan fingerprint density at radius 2 is 2.06 bits per heavy atom. The number of amides is 1. The standard InChI is InChI=1S/C13H19N3O2/c1-4-15-13(18)8(2)16-10-5-6-12(14)11(7-10)9(3)17/h5-8,16H,4,14H2,1-3H3,(H,15,18). The number of carbonyl (C=O) groups is 2. The highest BCUT2D eigenvalue weighted by atomic mass is 16.2. The molecule has 0 aliphatic heterocycles. The quantitative estimate of drug-likeness (QED) is 0.544. The van der Waals surface area contributed by atoms with Gasteiger partial charge >= 0.3 is 0 Å². The Morgan fingerprint density at radius 1 is 1.39 bits per heavy atom. The van der Waals surface area contributed by atoms with Gasteiger partial charge in [-0.15, -0.1) is 0 Å². The number of anilines is 2. The van der Waals surface area contributed by atoms with Gasteiger partial charge in [-0.05, 0) is 39.0 Å². The summed E-state index contributed by atoms with van der Waals surface area (Å²) < 4.78 is 0. The van der Waals surface area contributed by atoms with E-state index in [0.29, 0.717) is 23.5 Å². The van der Waals surface area contributed by atoms with Crippen LogP contribution in [0.5, 0.6) is 0 Å². The Kier molecular flexibility index (Phi) is 4.71. The number of carbonyl (C=O) groups excluding carboxylic acids is 2. The molecule has 4 N–H and O–H groups in total. The molecule has 0 saturated carbocycles. The fourth-order valence-corrected chi connectivity index (χ4v) is 1.59. The number of nitrogens with one attached hydrogen (secondary N) is 2. The molecule has 0 heterocycles. The number of likely N-dealkylation sites (N-methyl/N-ethyl adjacent to an activating group) is 1. The topological polar surface area (TPSA) is 84.2 Å². The number of nitrogens with two attached hydrogens (primary N) is 1. The van der Waals surface area contributed by atoms with Crippen molar-refractivity contribution in [2.24, 2.45) is 0 Å². The van der Waals surface area contributed by atoms with Crippen molar-refractivity contribution < 1.29 is 9.59 Å². The first kappa shape index (κ1) is 14.0. The summed E-state index contributed by atoms with van der Waals surface area (Å²) in [5.74, 6) is -0.180. The minimum absolute atomic E-state index is 0.0845. The minimum Gasteiger partial charge on any atom is -0.398 e. The maximum Gasteiger partial charge on any atom is 0.242 e. The van der Waals surface area contributed by atoms with Crippen LogP contribution in [0.3, 0.4) is 0 Å². The van der Waals surface area contributed by atoms with E-state index in [1.165, 1.54) is 6.92 Å². The lowest BCUT2D eigenvalue weighted by Crippen LogP contribution is -2.37. The Morgan fingerprint density at radius 3 is 2.61 bits per heavy atom. The Hall–Kier alpha value is -2.04. The number of rotatable bonds is 5. The van der Waals surface area contributed by atoms with Crippen molar-refractivity contribution in [3.63, 3.8) is 0 Å². The molecule has 0 aliphatic rings. The first-order valence-electron chi connectivity index (χ1n) is 5.90. The van der Waals surface area contributed by atoms with E-state index in [0.717, 1.165) is 0 Å². The van der Waals surface area contributed by atoms with Gasteiger partial charge < -0.3 is 16.4 Å². The van der Waals surface area contributed by atoms with E-state index in [9.17, 15) is 9.59 Å². The van der Waals surface area contributed by atoms with Crippen LogP contribution < -0.4 is 16.4 Å². The highest BCUT2D eigenvalue weighted by molar-refractivity contribution is 6.00. The molecule has 1 unspecified atom stereocenters. The molecule has 0 aliphatic carbocycles. The molecule has 0 radical (unpaired) electrons. The third-order valence-corrected chi connectivity index (χ3v) is 2.56. The zero-order valence-electron chi connectivity index (χ0n) is 10.9. The van der Waals surface area contributed by atoms with Crippen LogP contribution in [0.4, 0.5) is 11.4 Å². The van der Waals surface area contributed by atoms with Crippen LogP contribution >= 0.6 is 0 Å². The highest BCUT2D eigenvalue weighted by Gasteiger charge is 2.12. The zero-order chi connectivity index (χ0) is 13.7. The fourth-order valence-electron chi connectivity index (χ4n) is 1.59. The summed E-state index contributed by atoms with van der Waals surface area (Å²) in [6.07, 6.45) is 0. The van der Waals surface area contributed by atoms with Gasteiger partial charge in [0.15, 0.2) is 5.78 Å². The number of Topliss-reactive ketones (excluding diaryl/α,β-unsaturated/α-hetero) is 1. The van der Waals surface area contributed by atoms with Crippen molar-refractivity contribution in [2.75, 3.05) is 17.6 Å². The van der Waals surface area contributed by atoms with E-state index in [4.69, 9.17) is 5.73 Å². The van der Waals surface area contributed by atoms with Gasteiger partial charge in [-0.1, -0.05) is 0 Å².